The van der Waals surface area contributed by atoms with Gasteiger partial charge in [0.25, 0.3) is 0 Å². The Morgan fingerprint density at radius 3 is 2.37 bits per heavy atom. The molecule has 0 aliphatic heterocycles. The number of nitriles is 1. The molecule has 0 spiro atoms. The first-order chi connectivity index (χ1) is 9.15. The standard InChI is InChI=1S/C15H11F2NO/c1-2-11-5-3-4-6-14(11)19-15-12(16)7-10(9-18)8-13(15)17/h3-8H,2H2,1H3. The van der Waals surface area contributed by atoms with Crippen LogP contribution in [0, 0.1) is 23.0 Å². The molecule has 0 aromatic heterocycles. The average molecular weight is 259 g/mol. The summed E-state index contributed by atoms with van der Waals surface area (Å²) in [5.74, 6) is -1.85. The number of aryl methyl sites for hydroxylation is 1. The number of para-hydroxylation sites is 1. The molecular weight excluding hydrogens is 248 g/mol. The molecule has 4 heteroatoms. The average Bonchev–Trinajstić information content (AvgIpc) is 2.43. The van der Waals surface area contributed by atoms with E-state index in [1.54, 1.807) is 18.2 Å². The van der Waals surface area contributed by atoms with Crippen LogP contribution in [0.15, 0.2) is 36.4 Å². The summed E-state index contributed by atoms with van der Waals surface area (Å²) in [4.78, 5) is 0. The first kappa shape index (κ1) is 13.0. The Morgan fingerprint density at radius 1 is 1.16 bits per heavy atom. The Hall–Kier alpha value is -2.41. The molecule has 2 nitrogen and oxygen atoms in total. The van der Waals surface area contributed by atoms with Crippen LogP contribution in [-0.4, -0.2) is 0 Å². The second-order valence-electron chi connectivity index (χ2n) is 3.94. The van der Waals surface area contributed by atoms with Crippen molar-refractivity contribution >= 4 is 0 Å². The third-order valence-corrected chi connectivity index (χ3v) is 2.69. The molecule has 0 fully saturated rings. The monoisotopic (exact) mass is 259 g/mol. The van der Waals surface area contributed by atoms with Crippen molar-refractivity contribution in [3.63, 3.8) is 0 Å². The summed E-state index contributed by atoms with van der Waals surface area (Å²) >= 11 is 0. The lowest BCUT2D eigenvalue weighted by Crippen LogP contribution is -1.96. The topological polar surface area (TPSA) is 33.0 Å². The summed E-state index contributed by atoms with van der Waals surface area (Å²) < 4.78 is 32.7. The van der Waals surface area contributed by atoms with Crippen molar-refractivity contribution < 1.29 is 13.5 Å². The molecule has 0 heterocycles. The predicted octanol–water partition coefficient (Wildman–Crippen LogP) is 4.19. The van der Waals surface area contributed by atoms with Gasteiger partial charge in [-0.25, -0.2) is 8.78 Å². The Balaban J connectivity index is 2.42. The number of ether oxygens (including phenoxy) is 1. The highest BCUT2D eigenvalue weighted by molar-refractivity contribution is 5.42. The molecule has 2 aromatic rings. The molecule has 96 valence electrons. The van der Waals surface area contributed by atoms with E-state index < -0.39 is 17.4 Å². The molecule has 0 aliphatic carbocycles. The van der Waals surface area contributed by atoms with Crippen molar-refractivity contribution in [1.29, 1.82) is 5.26 Å². The predicted molar refractivity (Wildman–Crippen MR) is 67.0 cm³/mol. The third-order valence-electron chi connectivity index (χ3n) is 2.69. The number of nitrogens with zero attached hydrogens (tertiary/aromatic N) is 1. The summed E-state index contributed by atoms with van der Waals surface area (Å²) in [5.41, 5.74) is 0.775. The minimum absolute atomic E-state index is 0.0777. The van der Waals surface area contributed by atoms with Crippen molar-refractivity contribution in [2.24, 2.45) is 0 Å². The smallest absolute Gasteiger partial charge is 0.198 e. The van der Waals surface area contributed by atoms with E-state index in [1.165, 1.54) is 0 Å². The molecule has 0 saturated carbocycles. The van der Waals surface area contributed by atoms with Crippen LogP contribution in [0.1, 0.15) is 18.1 Å². The highest BCUT2D eigenvalue weighted by atomic mass is 19.1. The zero-order valence-corrected chi connectivity index (χ0v) is 10.3. The summed E-state index contributed by atoms with van der Waals surface area (Å²) in [6.45, 7) is 1.92. The lowest BCUT2D eigenvalue weighted by Gasteiger charge is -2.11. The minimum Gasteiger partial charge on any atom is -0.451 e. The lowest BCUT2D eigenvalue weighted by atomic mass is 10.1. The molecule has 0 aliphatic rings. The minimum atomic E-state index is -0.887. The number of rotatable bonds is 3. The molecular formula is C15H11F2NO. The van der Waals surface area contributed by atoms with E-state index in [0.717, 1.165) is 17.7 Å². The molecule has 0 unspecified atom stereocenters. The molecule has 0 saturated heterocycles. The Bertz CT molecular complexity index is 624. The highest BCUT2D eigenvalue weighted by Crippen LogP contribution is 2.30. The summed E-state index contributed by atoms with van der Waals surface area (Å²) in [7, 11) is 0. The summed E-state index contributed by atoms with van der Waals surface area (Å²) in [6, 6.07) is 10.6. The van der Waals surface area contributed by atoms with Gasteiger partial charge in [0.15, 0.2) is 17.4 Å². The van der Waals surface area contributed by atoms with E-state index in [-0.39, 0.29) is 5.56 Å². The second kappa shape index (κ2) is 5.49. The fourth-order valence-electron chi connectivity index (χ4n) is 1.73. The molecule has 0 atom stereocenters. The van der Waals surface area contributed by atoms with Crippen LogP contribution >= 0.6 is 0 Å². The van der Waals surface area contributed by atoms with Crippen LogP contribution in [0.2, 0.25) is 0 Å². The van der Waals surface area contributed by atoms with Crippen LogP contribution in [0.25, 0.3) is 0 Å². The number of hydrogen-bond donors (Lipinski definition) is 0. The summed E-state index contributed by atoms with van der Waals surface area (Å²) in [6.07, 6.45) is 0.690. The van der Waals surface area contributed by atoms with Crippen molar-refractivity contribution in [2.75, 3.05) is 0 Å². The molecule has 0 bridgehead atoms. The third kappa shape index (κ3) is 2.71. The fourth-order valence-corrected chi connectivity index (χ4v) is 1.73. The van der Waals surface area contributed by atoms with E-state index in [4.69, 9.17) is 10.00 Å². The molecule has 2 aromatic carbocycles. The van der Waals surface area contributed by atoms with E-state index in [2.05, 4.69) is 0 Å². The lowest BCUT2D eigenvalue weighted by molar-refractivity contribution is 0.404. The Morgan fingerprint density at radius 2 is 1.79 bits per heavy atom. The zero-order valence-electron chi connectivity index (χ0n) is 10.3. The molecule has 0 amide bonds. The number of halogens is 2. The van der Waals surface area contributed by atoms with Crippen LogP contribution in [0.3, 0.4) is 0 Å². The Kier molecular flexibility index (Phi) is 3.76. The van der Waals surface area contributed by atoms with E-state index in [0.29, 0.717) is 12.2 Å². The van der Waals surface area contributed by atoms with Crippen LogP contribution < -0.4 is 4.74 Å². The maximum absolute atomic E-state index is 13.7. The first-order valence-electron chi connectivity index (χ1n) is 5.80. The highest BCUT2D eigenvalue weighted by Gasteiger charge is 2.14. The molecule has 2 rings (SSSR count). The molecule has 0 radical (unpaired) electrons. The van der Waals surface area contributed by atoms with Crippen LogP contribution in [0.4, 0.5) is 8.78 Å². The van der Waals surface area contributed by atoms with Gasteiger partial charge in [0.05, 0.1) is 11.6 Å². The number of hydrogen-bond acceptors (Lipinski definition) is 2. The first-order valence-corrected chi connectivity index (χ1v) is 5.80. The maximum atomic E-state index is 13.7. The SMILES string of the molecule is CCc1ccccc1Oc1c(F)cc(C#N)cc1F. The largest absolute Gasteiger partial charge is 0.451 e. The van der Waals surface area contributed by atoms with Gasteiger partial charge in [-0.15, -0.1) is 0 Å². The van der Waals surface area contributed by atoms with Gasteiger partial charge in [-0.1, -0.05) is 25.1 Å². The van der Waals surface area contributed by atoms with Crippen molar-refractivity contribution in [1.82, 2.24) is 0 Å². The fraction of sp³-hybridized carbons (Fsp3) is 0.133. The van der Waals surface area contributed by atoms with Crippen molar-refractivity contribution in [3.05, 3.63) is 59.2 Å². The van der Waals surface area contributed by atoms with Gasteiger partial charge in [0.2, 0.25) is 0 Å². The van der Waals surface area contributed by atoms with Crippen molar-refractivity contribution in [3.8, 4) is 17.6 Å². The van der Waals surface area contributed by atoms with Gasteiger partial charge >= 0.3 is 0 Å². The van der Waals surface area contributed by atoms with Gasteiger partial charge in [-0.05, 0) is 30.2 Å². The van der Waals surface area contributed by atoms with E-state index >= 15 is 0 Å². The normalized spacial score (nSPS) is 10.0. The summed E-state index contributed by atoms with van der Waals surface area (Å²) in [5, 5.41) is 8.63. The van der Waals surface area contributed by atoms with Crippen molar-refractivity contribution in [2.45, 2.75) is 13.3 Å². The zero-order chi connectivity index (χ0) is 13.8. The van der Waals surface area contributed by atoms with Gasteiger partial charge in [0, 0.05) is 0 Å². The van der Waals surface area contributed by atoms with Crippen LogP contribution in [-0.2, 0) is 6.42 Å². The quantitative estimate of drug-likeness (QED) is 0.827. The van der Waals surface area contributed by atoms with Gasteiger partial charge in [-0.3, -0.25) is 0 Å². The van der Waals surface area contributed by atoms with E-state index in [1.807, 2.05) is 19.1 Å². The Labute approximate surface area is 109 Å². The number of benzene rings is 2. The second-order valence-corrected chi connectivity index (χ2v) is 3.94. The molecule has 0 N–H and O–H groups in total. The van der Waals surface area contributed by atoms with Gasteiger partial charge < -0.3 is 4.74 Å². The maximum Gasteiger partial charge on any atom is 0.198 e. The van der Waals surface area contributed by atoms with Gasteiger partial charge in [-0.2, -0.15) is 5.26 Å². The van der Waals surface area contributed by atoms with E-state index in [9.17, 15) is 8.78 Å². The van der Waals surface area contributed by atoms with Crippen LogP contribution in [0.5, 0.6) is 11.5 Å². The van der Waals surface area contributed by atoms with Gasteiger partial charge in [0.1, 0.15) is 5.75 Å². The molecule has 19 heavy (non-hydrogen) atoms.